The van der Waals surface area contributed by atoms with Gasteiger partial charge in [0.15, 0.2) is 0 Å². The van der Waals surface area contributed by atoms with Crippen LogP contribution in [0.3, 0.4) is 0 Å². The molecule has 0 aromatic heterocycles. The first-order chi connectivity index (χ1) is 9.40. The Morgan fingerprint density at radius 2 is 1.76 bits per heavy atom. The molecule has 1 aromatic carbocycles. The molecule has 0 atom stereocenters. The minimum atomic E-state index is -4.16. The Balaban J connectivity index is 3.50. The third-order valence-electron chi connectivity index (χ3n) is 2.95. The summed E-state index contributed by atoms with van der Waals surface area (Å²) in [7, 11) is 1.12. The summed E-state index contributed by atoms with van der Waals surface area (Å²) >= 11 is 17.8. The van der Waals surface area contributed by atoms with Gasteiger partial charge < -0.3 is 5.32 Å². The molecule has 1 aromatic rings. The van der Waals surface area contributed by atoms with E-state index in [0.717, 1.165) is 6.07 Å². The SMILES string of the molecule is CCC(C)(C)NC(=O)c1c(Cl)c(Cl)cc(S(=O)(=O)Cl)c1Cl. The molecule has 0 radical (unpaired) electrons. The van der Waals surface area contributed by atoms with Crippen molar-refractivity contribution in [1.29, 1.82) is 0 Å². The van der Waals surface area contributed by atoms with Gasteiger partial charge >= 0.3 is 0 Å². The summed E-state index contributed by atoms with van der Waals surface area (Å²) in [5.74, 6) is -0.624. The van der Waals surface area contributed by atoms with Crippen LogP contribution in [0.2, 0.25) is 15.1 Å². The van der Waals surface area contributed by atoms with E-state index >= 15 is 0 Å². The van der Waals surface area contributed by atoms with Gasteiger partial charge in [-0.3, -0.25) is 4.79 Å². The zero-order valence-corrected chi connectivity index (χ0v) is 15.3. The molecule has 1 rings (SSSR count). The summed E-state index contributed by atoms with van der Waals surface area (Å²) in [5, 5.41) is 2.09. The van der Waals surface area contributed by atoms with Crippen LogP contribution in [-0.2, 0) is 9.05 Å². The number of amides is 1. The topological polar surface area (TPSA) is 63.2 Å². The molecular weight excluding hydrogens is 380 g/mol. The van der Waals surface area contributed by atoms with E-state index in [4.69, 9.17) is 45.5 Å². The Hall–Kier alpha value is -0.200. The molecular formula is C12H13Cl4NO3S. The molecule has 0 aliphatic carbocycles. The lowest BCUT2D eigenvalue weighted by Crippen LogP contribution is -2.43. The van der Waals surface area contributed by atoms with Crippen LogP contribution in [0.15, 0.2) is 11.0 Å². The average molecular weight is 393 g/mol. The lowest BCUT2D eigenvalue weighted by atomic mass is 10.0. The van der Waals surface area contributed by atoms with Crippen molar-refractivity contribution < 1.29 is 13.2 Å². The van der Waals surface area contributed by atoms with Gasteiger partial charge in [0.25, 0.3) is 15.0 Å². The number of hydrogen-bond acceptors (Lipinski definition) is 3. The molecule has 0 aliphatic heterocycles. The van der Waals surface area contributed by atoms with Crippen molar-refractivity contribution in [2.45, 2.75) is 37.6 Å². The Bertz CT molecular complexity index is 686. The summed E-state index contributed by atoms with van der Waals surface area (Å²) < 4.78 is 23.0. The van der Waals surface area contributed by atoms with Crippen molar-refractivity contribution in [3.05, 3.63) is 26.7 Å². The lowest BCUT2D eigenvalue weighted by Gasteiger charge is -2.25. The third-order valence-corrected chi connectivity index (χ3v) is 5.59. The van der Waals surface area contributed by atoms with E-state index < -0.39 is 25.4 Å². The summed E-state index contributed by atoms with van der Waals surface area (Å²) in [5.41, 5.74) is -0.738. The predicted molar refractivity (Wildman–Crippen MR) is 86.3 cm³/mol. The molecule has 21 heavy (non-hydrogen) atoms. The van der Waals surface area contributed by atoms with Gasteiger partial charge in [0.1, 0.15) is 4.90 Å². The molecule has 0 saturated carbocycles. The molecule has 1 N–H and O–H groups in total. The van der Waals surface area contributed by atoms with Gasteiger partial charge in [0.2, 0.25) is 0 Å². The number of rotatable bonds is 4. The van der Waals surface area contributed by atoms with Crippen LogP contribution in [0.25, 0.3) is 0 Å². The molecule has 0 aliphatic rings. The van der Waals surface area contributed by atoms with Crippen LogP contribution in [0.5, 0.6) is 0 Å². The van der Waals surface area contributed by atoms with E-state index in [0.29, 0.717) is 6.42 Å². The summed E-state index contributed by atoms with van der Waals surface area (Å²) in [6, 6.07) is 1.01. The van der Waals surface area contributed by atoms with Gasteiger partial charge in [-0.25, -0.2) is 8.42 Å². The quantitative estimate of drug-likeness (QED) is 0.606. The highest BCUT2D eigenvalue weighted by atomic mass is 35.7. The monoisotopic (exact) mass is 391 g/mol. The van der Waals surface area contributed by atoms with E-state index in [2.05, 4.69) is 5.32 Å². The molecule has 9 heteroatoms. The minimum absolute atomic E-state index is 0.125. The summed E-state index contributed by atoms with van der Waals surface area (Å²) in [6.07, 6.45) is 0.648. The van der Waals surface area contributed by atoms with Gasteiger partial charge in [-0.2, -0.15) is 0 Å². The van der Waals surface area contributed by atoms with Gasteiger partial charge in [0, 0.05) is 16.2 Å². The molecule has 0 unspecified atom stereocenters. The second-order valence-electron chi connectivity index (χ2n) is 4.99. The van der Waals surface area contributed by atoms with E-state index in [1.807, 2.05) is 6.92 Å². The summed E-state index contributed by atoms with van der Waals surface area (Å²) in [6.45, 7) is 5.49. The Morgan fingerprint density at radius 3 is 2.19 bits per heavy atom. The molecule has 1 amide bonds. The zero-order valence-electron chi connectivity index (χ0n) is 11.4. The largest absolute Gasteiger partial charge is 0.347 e. The highest BCUT2D eigenvalue weighted by molar-refractivity contribution is 8.13. The van der Waals surface area contributed by atoms with Crippen molar-refractivity contribution in [3.8, 4) is 0 Å². The number of hydrogen-bond donors (Lipinski definition) is 1. The highest BCUT2D eigenvalue weighted by Crippen LogP contribution is 2.38. The smallest absolute Gasteiger partial charge is 0.262 e. The minimum Gasteiger partial charge on any atom is -0.347 e. The molecule has 0 bridgehead atoms. The molecule has 0 spiro atoms. The van der Waals surface area contributed by atoms with Crippen LogP contribution in [0.1, 0.15) is 37.6 Å². The molecule has 118 valence electrons. The fourth-order valence-electron chi connectivity index (χ4n) is 1.42. The standard InChI is InChI=1S/C12H13Cl4NO3S/c1-4-12(2,3)17-11(18)8-9(14)6(13)5-7(10(8)15)21(16,19)20/h5H,4H2,1-3H3,(H,17,18). The fraction of sp³-hybridized carbons (Fsp3) is 0.417. The van der Waals surface area contributed by atoms with Crippen LogP contribution >= 0.6 is 45.5 Å². The number of benzene rings is 1. The molecule has 0 fully saturated rings. The van der Waals surface area contributed by atoms with Crippen molar-refractivity contribution in [3.63, 3.8) is 0 Å². The lowest BCUT2D eigenvalue weighted by molar-refractivity contribution is 0.0911. The maximum absolute atomic E-state index is 12.3. The molecule has 4 nitrogen and oxygen atoms in total. The first kappa shape index (κ1) is 18.8. The summed E-state index contributed by atoms with van der Waals surface area (Å²) in [4.78, 5) is 11.9. The van der Waals surface area contributed by atoms with E-state index in [9.17, 15) is 13.2 Å². The zero-order chi connectivity index (χ0) is 16.6. The third kappa shape index (κ3) is 4.39. The first-order valence-electron chi connectivity index (χ1n) is 5.85. The van der Waals surface area contributed by atoms with Crippen LogP contribution in [-0.4, -0.2) is 19.9 Å². The fourth-order valence-corrected chi connectivity index (χ4v) is 3.57. The van der Waals surface area contributed by atoms with Crippen molar-refractivity contribution in [1.82, 2.24) is 5.32 Å². The second kappa shape index (κ2) is 6.50. The Kier molecular flexibility index (Phi) is 5.84. The van der Waals surface area contributed by atoms with Gasteiger partial charge in [-0.1, -0.05) is 41.7 Å². The Morgan fingerprint density at radius 1 is 1.24 bits per heavy atom. The van der Waals surface area contributed by atoms with Crippen molar-refractivity contribution in [2.24, 2.45) is 0 Å². The highest BCUT2D eigenvalue weighted by Gasteiger charge is 2.28. The second-order valence-corrected chi connectivity index (χ2v) is 8.69. The van der Waals surface area contributed by atoms with Crippen molar-refractivity contribution >= 4 is 60.4 Å². The van der Waals surface area contributed by atoms with Crippen LogP contribution in [0.4, 0.5) is 0 Å². The van der Waals surface area contributed by atoms with Crippen molar-refractivity contribution in [2.75, 3.05) is 0 Å². The van der Waals surface area contributed by atoms with E-state index in [1.165, 1.54) is 0 Å². The van der Waals surface area contributed by atoms with Crippen LogP contribution in [0, 0.1) is 0 Å². The van der Waals surface area contributed by atoms with Gasteiger partial charge in [0.05, 0.1) is 20.6 Å². The number of nitrogens with one attached hydrogen (secondary N) is 1. The molecule has 0 heterocycles. The number of carbonyl (C=O) groups is 1. The van der Waals surface area contributed by atoms with Gasteiger partial charge in [-0.05, 0) is 26.3 Å². The van der Waals surface area contributed by atoms with E-state index in [-0.39, 0.29) is 20.6 Å². The van der Waals surface area contributed by atoms with E-state index in [1.54, 1.807) is 13.8 Å². The van der Waals surface area contributed by atoms with Gasteiger partial charge in [-0.15, -0.1) is 0 Å². The Labute approximate surface area is 143 Å². The normalized spacial score (nSPS) is 12.3. The predicted octanol–water partition coefficient (Wildman–Crippen LogP) is 4.49. The van der Waals surface area contributed by atoms with Crippen LogP contribution < -0.4 is 5.32 Å². The average Bonchev–Trinajstić information content (AvgIpc) is 2.32. The first-order valence-corrected chi connectivity index (χ1v) is 9.29. The number of carbonyl (C=O) groups excluding carboxylic acids is 1. The molecule has 0 saturated heterocycles. The number of halogens is 4. The maximum Gasteiger partial charge on any atom is 0.262 e. The maximum atomic E-state index is 12.3.